The average Bonchev–Trinajstić information content (AvgIpc) is 3.10. The van der Waals surface area contributed by atoms with Crippen molar-refractivity contribution in [3.63, 3.8) is 0 Å². The van der Waals surface area contributed by atoms with Crippen LogP contribution in [-0.4, -0.2) is 10.8 Å². The number of nitrogen functional groups attached to an aromatic ring is 1. The molecule has 0 amide bonds. The summed E-state index contributed by atoms with van der Waals surface area (Å²) in [5.74, 6) is -0.0439. The second-order valence-electron chi connectivity index (χ2n) is 7.36. The van der Waals surface area contributed by atoms with Gasteiger partial charge in [0, 0.05) is 21.0 Å². The molecule has 5 rings (SSSR count). The zero-order chi connectivity index (χ0) is 20.0. The van der Waals surface area contributed by atoms with Crippen molar-refractivity contribution in [2.24, 2.45) is 0 Å². The molecule has 0 unspecified atom stereocenters. The fourth-order valence-corrected chi connectivity index (χ4v) is 5.66. The molecule has 1 aliphatic carbocycles. The van der Waals surface area contributed by atoms with Crippen LogP contribution in [-0.2, 0) is 12.8 Å². The molecule has 0 bridgehead atoms. The number of carbonyl (C=O) groups excluding carboxylic acids is 1. The van der Waals surface area contributed by atoms with Gasteiger partial charge in [-0.15, -0.1) is 11.3 Å². The van der Waals surface area contributed by atoms with E-state index < -0.39 is 0 Å². The Balaban J connectivity index is 1.74. The Kier molecular flexibility index (Phi) is 4.72. The van der Waals surface area contributed by atoms with Crippen LogP contribution in [0.1, 0.15) is 39.2 Å². The van der Waals surface area contributed by atoms with Gasteiger partial charge in [-0.25, -0.2) is 4.98 Å². The van der Waals surface area contributed by atoms with Crippen LogP contribution in [0.4, 0.5) is 5.69 Å². The Hall–Kier alpha value is -2.50. The lowest BCUT2D eigenvalue weighted by Gasteiger charge is -2.20. The molecular formula is C24H19BrN2OS. The minimum absolute atomic E-state index is 0.0439. The number of anilines is 1. The second kappa shape index (κ2) is 7.39. The maximum absolute atomic E-state index is 13.2. The van der Waals surface area contributed by atoms with E-state index in [-0.39, 0.29) is 5.78 Å². The van der Waals surface area contributed by atoms with Crippen molar-refractivity contribution in [2.45, 2.75) is 25.7 Å². The van der Waals surface area contributed by atoms with Crippen molar-refractivity contribution < 1.29 is 4.79 Å². The molecule has 29 heavy (non-hydrogen) atoms. The van der Waals surface area contributed by atoms with Gasteiger partial charge in [0.15, 0.2) is 0 Å². The first kappa shape index (κ1) is 18.5. The smallest absolute Gasteiger partial charge is 0.205 e. The fourth-order valence-electron chi connectivity index (χ4n) is 4.18. The van der Waals surface area contributed by atoms with Crippen LogP contribution in [0.5, 0.6) is 0 Å². The standard InChI is InChI=1S/C24H19BrN2OS/c25-16-10-6-9-15(13-16)22(28)23-20(26)19-17-11-4-5-12-18(17)21(27-24(19)29-23)14-7-2-1-3-8-14/h1-3,6-10,13H,4-5,11-12,26H2. The predicted molar refractivity (Wildman–Crippen MR) is 124 cm³/mol. The summed E-state index contributed by atoms with van der Waals surface area (Å²) in [6.07, 6.45) is 4.30. The summed E-state index contributed by atoms with van der Waals surface area (Å²) in [6.45, 7) is 0. The van der Waals surface area contributed by atoms with E-state index in [1.807, 2.05) is 42.5 Å². The first-order chi connectivity index (χ1) is 14.1. The lowest BCUT2D eigenvalue weighted by Crippen LogP contribution is -2.08. The molecule has 3 nitrogen and oxygen atoms in total. The van der Waals surface area contributed by atoms with E-state index in [0.717, 1.165) is 51.6 Å². The highest BCUT2D eigenvalue weighted by Gasteiger charge is 2.26. The molecule has 0 spiro atoms. The number of halogens is 1. The van der Waals surface area contributed by atoms with Gasteiger partial charge in [-0.05, 0) is 48.9 Å². The fraction of sp³-hybridized carbons (Fsp3) is 0.167. The average molecular weight is 463 g/mol. The number of ketones is 1. The number of carbonyl (C=O) groups is 1. The van der Waals surface area contributed by atoms with Crippen LogP contribution in [0.2, 0.25) is 0 Å². The van der Waals surface area contributed by atoms with E-state index >= 15 is 0 Å². The Labute approximate surface area is 181 Å². The minimum atomic E-state index is -0.0439. The third-order valence-electron chi connectivity index (χ3n) is 5.54. The summed E-state index contributed by atoms with van der Waals surface area (Å²) in [6, 6.07) is 17.8. The first-order valence-electron chi connectivity index (χ1n) is 9.73. The van der Waals surface area contributed by atoms with Gasteiger partial charge < -0.3 is 5.73 Å². The Morgan fingerprint density at radius 3 is 2.52 bits per heavy atom. The number of rotatable bonds is 3. The Bertz CT molecular complexity index is 1250. The normalized spacial score (nSPS) is 13.4. The summed E-state index contributed by atoms with van der Waals surface area (Å²) < 4.78 is 0.880. The van der Waals surface area contributed by atoms with Gasteiger partial charge in [0.05, 0.1) is 11.4 Å². The van der Waals surface area contributed by atoms with Crippen LogP contribution in [0, 0.1) is 0 Å². The van der Waals surface area contributed by atoms with Crippen molar-refractivity contribution in [3.8, 4) is 11.3 Å². The van der Waals surface area contributed by atoms with Gasteiger partial charge in [-0.3, -0.25) is 4.79 Å². The zero-order valence-corrected chi connectivity index (χ0v) is 18.1. The number of thiophene rings is 1. The number of pyridine rings is 1. The molecular weight excluding hydrogens is 444 g/mol. The van der Waals surface area contributed by atoms with E-state index in [4.69, 9.17) is 10.7 Å². The second-order valence-corrected chi connectivity index (χ2v) is 9.27. The molecule has 0 saturated heterocycles. The zero-order valence-electron chi connectivity index (χ0n) is 15.7. The van der Waals surface area contributed by atoms with Crippen LogP contribution in [0.25, 0.3) is 21.5 Å². The van der Waals surface area contributed by atoms with E-state index in [0.29, 0.717) is 16.1 Å². The van der Waals surface area contributed by atoms with Crippen molar-refractivity contribution in [1.82, 2.24) is 4.98 Å². The summed E-state index contributed by atoms with van der Waals surface area (Å²) in [5.41, 5.74) is 12.5. The number of hydrogen-bond donors (Lipinski definition) is 1. The number of aromatic nitrogens is 1. The highest BCUT2D eigenvalue weighted by molar-refractivity contribution is 9.10. The molecule has 0 aliphatic heterocycles. The molecule has 2 aromatic heterocycles. The predicted octanol–water partition coefficient (Wildman–Crippen LogP) is 6.42. The van der Waals surface area contributed by atoms with Gasteiger partial charge in [-0.1, -0.05) is 58.4 Å². The topological polar surface area (TPSA) is 56.0 Å². The van der Waals surface area contributed by atoms with Crippen LogP contribution in [0.15, 0.2) is 59.1 Å². The lowest BCUT2D eigenvalue weighted by atomic mass is 9.87. The lowest BCUT2D eigenvalue weighted by molar-refractivity contribution is 0.104. The number of aryl methyl sites for hydroxylation is 1. The van der Waals surface area contributed by atoms with Crippen molar-refractivity contribution >= 4 is 49.0 Å². The number of nitrogens with zero attached hydrogens (tertiary/aromatic N) is 1. The molecule has 0 radical (unpaired) electrons. The van der Waals surface area contributed by atoms with Crippen molar-refractivity contribution in [1.29, 1.82) is 0 Å². The summed E-state index contributed by atoms with van der Waals surface area (Å²) >= 11 is 4.86. The molecule has 4 aromatic rings. The van der Waals surface area contributed by atoms with E-state index in [2.05, 4.69) is 28.1 Å². The summed E-state index contributed by atoms with van der Waals surface area (Å²) in [5, 5.41) is 0.989. The number of hydrogen-bond acceptors (Lipinski definition) is 4. The highest BCUT2D eigenvalue weighted by Crippen LogP contribution is 2.42. The molecule has 0 fully saturated rings. The maximum Gasteiger partial charge on any atom is 0.205 e. The molecule has 2 aromatic carbocycles. The van der Waals surface area contributed by atoms with Gasteiger partial charge >= 0.3 is 0 Å². The molecule has 2 heterocycles. The quantitative estimate of drug-likeness (QED) is 0.357. The molecule has 144 valence electrons. The van der Waals surface area contributed by atoms with Crippen molar-refractivity contribution in [3.05, 3.63) is 80.6 Å². The monoisotopic (exact) mass is 462 g/mol. The Morgan fingerprint density at radius 1 is 1.00 bits per heavy atom. The van der Waals surface area contributed by atoms with Gasteiger partial charge in [0.25, 0.3) is 0 Å². The van der Waals surface area contributed by atoms with E-state index in [1.54, 1.807) is 0 Å². The maximum atomic E-state index is 13.2. The molecule has 1 aliphatic rings. The highest BCUT2D eigenvalue weighted by atomic mass is 79.9. The van der Waals surface area contributed by atoms with Crippen LogP contribution in [0.3, 0.4) is 0 Å². The van der Waals surface area contributed by atoms with E-state index in [9.17, 15) is 4.79 Å². The molecule has 5 heteroatoms. The van der Waals surface area contributed by atoms with E-state index in [1.165, 1.54) is 22.5 Å². The molecule has 0 atom stereocenters. The minimum Gasteiger partial charge on any atom is -0.397 e. The van der Waals surface area contributed by atoms with Gasteiger partial charge in [0.2, 0.25) is 5.78 Å². The number of nitrogens with two attached hydrogens (primary N) is 1. The summed E-state index contributed by atoms with van der Waals surface area (Å²) in [4.78, 5) is 19.7. The van der Waals surface area contributed by atoms with Gasteiger partial charge in [-0.2, -0.15) is 0 Å². The van der Waals surface area contributed by atoms with Crippen molar-refractivity contribution in [2.75, 3.05) is 5.73 Å². The van der Waals surface area contributed by atoms with Crippen LogP contribution < -0.4 is 5.73 Å². The SMILES string of the molecule is Nc1c(C(=O)c2cccc(Br)c2)sc2nc(-c3ccccc3)c3c(c12)CCCC3. The largest absolute Gasteiger partial charge is 0.397 e. The first-order valence-corrected chi connectivity index (χ1v) is 11.3. The number of benzene rings is 2. The van der Waals surface area contributed by atoms with Crippen LogP contribution >= 0.6 is 27.3 Å². The number of fused-ring (bicyclic) bond motifs is 3. The summed E-state index contributed by atoms with van der Waals surface area (Å²) in [7, 11) is 0. The molecule has 0 saturated carbocycles. The Morgan fingerprint density at radius 2 is 1.76 bits per heavy atom. The third-order valence-corrected chi connectivity index (χ3v) is 7.13. The molecule has 2 N–H and O–H groups in total. The van der Waals surface area contributed by atoms with Gasteiger partial charge in [0.1, 0.15) is 9.71 Å². The third kappa shape index (κ3) is 3.18.